The molecule has 6 nitrogen and oxygen atoms in total. The number of hydrogen-bond donors (Lipinski definition) is 0. The van der Waals surface area contributed by atoms with Gasteiger partial charge in [-0.05, 0) is 0 Å². The molecule has 0 aliphatic heterocycles. The first-order chi connectivity index (χ1) is 4.00. The Hall–Kier alpha value is 0.420. The maximum absolute atomic E-state index is 10.1. The minimum atomic E-state index is -5.42. The molecule has 11 heavy (non-hydrogen) atoms. The van der Waals surface area contributed by atoms with Gasteiger partial charge in [0.25, 0.3) is 21.0 Å². The molecule has 75 valence electrons. The summed E-state index contributed by atoms with van der Waals surface area (Å²) in [6.45, 7) is 0. The molecule has 0 heterocycles. The van der Waals surface area contributed by atoms with Gasteiger partial charge in [-0.2, -0.15) is 0 Å². The van der Waals surface area contributed by atoms with Gasteiger partial charge in [-0.15, -0.1) is 7.77 Å². The molecule has 0 N–H and O–H groups in total. The van der Waals surface area contributed by atoms with Crippen molar-refractivity contribution < 1.29 is 56.1 Å². The van der Waals surface area contributed by atoms with Crippen molar-refractivity contribution in [3.05, 3.63) is 0 Å². The van der Waals surface area contributed by atoms with E-state index >= 15 is 0 Å². The summed E-state index contributed by atoms with van der Waals surface area (Å²) in [5.41, 5.74) is 0. The largest absolute Gasteiger partial charge is 0.722 e. The zero-order valence-electron chi connectivity index (χ0n) is 4.32. The van der Waals surface area contributed by atoms with E-state index in [0.717, 1.165) is 0 Å². The summed E-state index contributed by atoms with van der Waals surface area (Å²) in [5.74, 6) is 0. The Morgan fingerprint density at radius 2 is 0.818 bits per heavy atom. The minimum Gasteiger partial charge on any atom is -0.722 e. The second kappa shape index (κ2) is 5.99. The molecule has 0 amide bonds. The molecule has 0 saturated heterocycles. The van der Waals surface area contributed by atoms with Crippen LogP contribution in [0.5, 0.6) is 0 Å². The number of halogens is 2. The Bertz CT molecular complexity index is 215. The van der Waals surface area contributed by atoms with Gasteiger partial charge in [0.05, 0.1) is 0 Å². The van der Waals surface area contributed by atoms with E-state index in [1.54, 1.807) is 0 Å². The van der Waals surface area contributed by atoms with Crippen LogP contribution in [0, 0.1) is 0 Å². The van der Waals surface area contributed by atoms with Crippen LogP contribution >= 0.6 is 0 Å². The van der Waals surface area contributed by atoms with Crippen LogP contribution in [0.15, 0.2) is 0 Å². The molecule has 1 radical (unpaired) electrons. The summed E-state index contributed by atoms with van der Waals surface area (Å²) < 4.78 is 70.7. The van der Waals surface area contributed by atoms with Crippen molar-refractivity contribution in [2.24, 2.45) is 0 Å². The van der Waals surface area contributed by atoms with Crippen LogP contribution in [0.25, 0.3) is 0 Å². The molecule has 11 heteroatoms. The quantitative estimate of drug-likeness (QED) is 0.316. The van der Waals surface area contributed by atoms with E-state index in [2.05, 4.69) is 0 Å². The van der Waals surface area contributed by atoms with E-state index < -0.39 is 21.0 Å². The third-order valence-electron chi connectivity index (χ3n) is 0. The molecule has 0 atom stereocenters. The molecule has 0 bridgehead atoms. The van der Waals surface area contributed by atoms with Gasteiger partial charge >= 0.3 is 0 Å². The van der Waals surface area contributed by atoms with E-state index in [0.29, 0.717) is 0 Å². The standard InChI is InChI=1S/Ag.2FHO3S/c;2*1-5(2,3)4/h;2*(H,2,3,4)/p-2. The first-order valence-corrected chi connectivity index (χ1v) is 3.93. The smallest absolute Gasteiger partial charge is 0.255 e. The van der Waals surface area contributed by atoms with E-state index in [4.69, 9.17) is 25.9 Å². The summed E-state index contributed by atoms with van der Waals surface area (Å²) in [4.78, 5) is 0. The SMILES string of the molecule is O=S(=O)([O-])F.O=S(=O)([O-])F.[Ag]. The summed E-state index contributed by atoms with van der Waals surface area (Å²) in [7, 11) is -10.8. The summed E-state index contributed by atoms with van der Waals surface area (Å²) in [6.07, 6.45) is 0. The maximum Gasteiger partial charge on any atom is 0.255 e. The van der Waals surface area contributed by atoms with E-state index in [9.17, 15) is 7.77 Å². The van der Waals surface area contributed by atoms with Gasteiger partial charge < -0.3 is 9.11 Å². The van der Waals surface area contributed by atoms with Gasteiger partial charge in [-0.25, -0.2) is 16.8 Å². The van der Waals surface area contributed by atoms with Gasteiger partial charge in [0.2, 0.25) is 0 Å². The average molecular weight is 306 g/mol. The first-order valence-electron chi connectivity index (χ1n) is 1.31. The van der Waals surface area contributed by atoms with Gasteiger partial charge in [0.15, 0.2) is 0 Å². The van der Waals surface area contributed by atoms with Crippen molar-refractivity contribution in [2.75, 3.05) is 0 Å². The summed E-state index contributed by atoms with van der Waals surface area (Å²) in [6, 6.07) is 0. The fourth-order valence-electron chi connectivity index (χ4n) is 0. The summed E-state index contributed by atoms with van der Waals surface area (Å²) >= 11 is 0. The molecule has 0 aliphatic rings. The molecule has 0 fully saturated rings. The van der Waals surface area contributed by atoms with Crippen LogP contribution in [0.3, 0.4) is 0 Å². The third kappa shape index (κ3) is 4180. The Kier molecular flexibility index (Phi) is 9.53. The van der Waals surface area contributed by atoms with E-state index in [1.165, 1.54) is 0 Å². The van der Waals surface area contributed by atoms with Crippen LogP contribution in [-0.2, 0) is 43.4 Å². The summed E-state index contributed by atoms with van der Waals surface area (Å²) in [5, 5.41) is 0. The van der Waals surface area contributed by atoms with E-state index in [1.807, 2.05) is 0 Å². The second-order valence-electron chi connectivity index (χ2n) is 0.786. The molecule has 0 spiro atoms. The van der Waals surface area contributed by atoms with Crippen molar-refractivity contribution >= 4 is 21.0 Å². The predicted molar refractivity (Wildman–Crippen MR) is 21.6 cm³/mol. The fourth-order valence-corrected chi connectivity index (χ4v) is 0. The monoisotopic (exact) mass is 305 g/mol. The fraction of sp³-hybridized carbons (Fsp3) is 0. The molecule has 0 rings (SSSR count). The van der Waals surface area contributed by atoms with Crippen LogP contribution in [0.2, 0.25) is 0 Å². The third-order valence-corrected chi connectivity index (χ3v) is 0. The minimum absolute atomic E-state index is 0. The number of rotatable bonds is 0. The first kappa shape index (κ1) is 17.5. The van der Waals surface area contributed by atoms with Crippen molar-refractivity contribution in [3.63, 3.8) is 0 Å². The van der Waals surface area contributed by atoms with E-state index in [-0.39, 0.29) is 22.4 Å². The van der Waals surface area contributed by atoms with Gasteiger partial charge in [-0.1, -0.05) is 0 Å². The Morgan fingerprint density at radius 1 is 0.818 bits per heavy atom. The molecule has 0 saturated carbocycles. The molecule has 0 aromatic carbocycles. The second-order valence-corrected chi connectivity index (χ2v) is 2.36. The van der Waals surface area contributed by atoms with Crippen LogP contribution in [0.4, 0.5) is 7.77 Å². The molecular weight excluding hydrogens is 306 g/mol. The zero-order valence-corrected chi connectivity index (χ0v) is 7.44. The average Bonchev–Trinajstić information content (AvgIpc) is 1.12. The van der Waals surface area contributed by atoms with Crippen molar-refractivity contribution in [1.82, 2.24) is 0 Å². The van der Waals surface area contributed by atoms with Crippen LogP contribution in [0.1, 0.15) is 0 Å². The van der Waals surface area contributed by atoms with Gasteiger partial charge in [0, 0.05) is 22.4 Å². The van der Waals surface area contributed by atoms with Gasteiger partial charge in [-0.3, -0.25) is 0 Å². The molecule has 0 aromatic heterocycles. The predicted octanol–water partition coefficient (Wildman–Crippen LogP) is -1.17. The zero-order chi connectivity index (χ0) is 9.00. The topological polar surface area (TPSA) is 114 Å². The number of hydrogen-bond acceptors (Lipinski definition) is 6. The normalized spacial score (nSPS) is 10.5. The Labute approximate surface area is 77.2 Å². The van der Waals surface area contributed by atoms with Crippen LogP contribution in [-0.4, -0.2) is 25.9 Å². The molecule has 0 aromatic rings. The van der Waals surface area contributed by atoms with Crippen LogP contribution < -0.4 is 0 Å². The Morgan fingerprint density at radius 3 is 0.818 bits per heavy atom. The van der Waals surface area contributed by atoms with Crippen molar-refractivity contribution in [3.8, 4) is 0 Å². The maximum atomic E-state index is 10.1. The Balaban J connectivity index is -0.000000107. The van der Waals surface area contributed by atoms with Crippen molar-refractivity contribution in [1.29, 1.82) is 0 Å². The molecule has 0 unspecified atom stereocenters. The van der Waals surface area contributed by atoms with Gasteiger partial charge in [0.1, 0.15) is 0 Å². The molecule has 0 aliphatic carbocycles. The van der Waals surface area contributed by atoms with Crippen molar-refractivity contribution in [2.45, 2.75) is 0 Å². The molecular formula is AgF2O6S2-2.